The Morgan fingerprint density at radius 1 is 1.40 bits per heavy atom. The average molecular weight is 286 g/mol. The van der Waals surface area contributed by atoms with E-state index in [-0.39, 0.29) is 0 Å². The molecule has 0 saturated heterocycles. The van der Waals surface area contributed by atoms with Gasteiger partial charge in [0, 0.05) is 15.1 Å². The molecule has 0 saturated carbocycles. The summed E-state index contributed by atoms with van der Waals surface area (Å²) >= 11 is 9.24. The molecule has 0 fully saturated rings. The molecule has 0 atom stereocenters. The molecule has 0 aliphatic carbocycles. The molecular formula is C10H6BrClN2O. The van der Waals surface area contributed by atoms with E-state index in [0.717, 1.165) is 16.3 Å². The molecule has 0 spiro atoms. The maximum Gasteiger partial charge on any atom is 0.167 e. The van der Waals surface area contributed by atoms with Crippen molar-refractivity contribution < 1.29 is 4.79 Å². The van der Waals surface area contributed by atoms with Gasteiger partial charge in [-0.1, -0.05) is 27.5 Å². The van der Waals surface area contributed by atoms with Crippen molar-refractivity contribution in [1.29, 1.82) is 0 Å². The van der Waals surface area contributed by atoms with Crippen molar-refractivity contribution in [1.82, 2.24) is 9.97 Å². The van der Waals surface area contributed by atoms with Crippen molar-refractivity contribution >= 4 is 33.8 Å². The van der Waals surface area contributed by atoms with Gasteiger partial charge in [-0.15, -0.1) is 0 Å². The van der Waals surface area contributed by atoms with Gasteiger partial charge in [-0.3, -0.25) is 4.79 Å². The third-order valence-corrected chi connectivity index (χ3v) is 2.53. The summed E-state index contributed by atoms with van der Waals surface area (Å²) in [6, 6.07) is 5.44. The first kappa shape index (κ1) is 10.4. The maximum atomic E-state index is 10.5. The minimum absolute atomic E-state index is 0.445. The molecular weight excluding hydrogens is 279 g/mol. The lowest BCUT2D eigenvalue weighted by Gasteiger charge is -1.99. The van der Waals surface area contributed by atoms with E-state index >= 15 is 0 Å². The van der Waals surface area contributed by atoms with E-state index in [1.807, 2.05) is 6.07 Å². The summed E-state index contributed by atoms with van der Waals surface area (Å²) in [7, 11) is 0. The monoisotopic (exact) mass is 284 g/mol. The van der Waals surface area contributed by atoms with Crippen LogP contribution in [0.4, 0.5) is 0 Å². The number of carbonyl (C=O) groups excluding carboxylic acids is 1. The number of nitrogens with zero attached hydrogens (tertiary/aromatic N) is 1. The second kappa shape index (κ2) is 4.16. The number of rotatable bonds is 2. The predicted octanol–water partition coefficient (Wildman–Crippen LogP) is 3.31. The summed E-state index contributed by atoms with van der Waals surface area (Å²) in [5, 5.41) is 0.614. The van der Waals surface area contributed by atoms with Gasteiger partial charge in [0.25, 0.3) is 0 Å². The van der Waals surface area contributed by atoms with Crippen LogP contribution in [0, 0.1) is 0 Å². The van der Waals surface area contributed by atoms with Gasteiger partial charge in [-0.2, -0.15) is 0 Å². The number of aromatic nitrogens is 2. The van der Waals surface area contributed by atoms with Crippen LogP contribution in [-0.4, -0.2) is 16.3 Å². The lowest BCUT2D eigenvalue weighted by molar-refractivity contribution is 0.111. The minimum Gasteiger partial charge on any atom is -0.336 e. The summed E-state index contributed by atoms with van der Waals surface area (Å²) < 4.78 is 0.869. The third kappa shape index (κ3) is 2.27. The summed E-state index contributed by atoms with van der Waals surface area (Å²) in [4.78, 5) is 17.4. The topological polar surface area (TPSA) is 45.8 Å². The standard InChI is InChI=1S/C10H6BrClN2O/c11-7-1-6(2-8(12)3-7)10-13-4-9(5-15)14-10/h1-5H,(H,13,14). The number of benzene rings is 1. The Labute approximate surface area is 99.6 Å². The summed E-state index contributed by atoms with van der Waals surface area (Å²) in [5.74, 6) is 0.625. The molecule has 0 unspecified atom stereocenters. The highest BCUT2D eigenvalue weighted by Gasteiger charge is 2.04. The van der Waals surface area contributed by atoms with Gasteiger partial charge >= 0.3 is 0 Å². The molecule has 1 heterocycles. The molecule has 0 aliphatic rings. The number of halogens is 2. The number of hydrogen-bond donors (Lipinski definition) is 1. The Morgan fingerprint density at radius 2 is 2.20 bits per heavy atom. The molecule has 2 rings (SSSR count). The van der Waals surface area contributed by atoms with Crippen molar-refractivity contribution in [2.24, 2.45) is 0 Å². The summed E-state index contributed by atoms with van der Waals surface area (Å²) in [6.45, 7) is 0. The van der Waals surface area contributed by atoms with E-state index in [4.69, 9.17) is 11.6 Å². The Morgan fingerprint density at radius 3 is 2.80 bits per heavy atom. The fraction of sp³-hybridized carbons (Fsp3) is 0. The van der Waals surface area contributed by atoms with Gasteiger partial charge in [0.2, 0.25) is 0 Å². The van der Waals surface area contributed by atoms with Crippen LogP contribution >= 0.6 is 27.5 Å². The highest BCUT2D eigenvalue weighted by Crippen LogP contribution is 2.25. The molecule has 0 aliphatic heterocycles. The second-order valence-electron chi connectivity index (χ2n) is 2.96. The zero-order chi connectivity index (χ0) is 10.8. The number of aromatic amines is 1. The molecule has 2 aromatic rings. The minimum atomic E-state index is 0.445. The Kier molecular flexibility index (Phi) is 2.88. The SMILES string of the molecule is O=Cc1cnc(-c2cc(Cl)cc(Br)c2)[nH]1. The quantitative estimate of drug-likeness (QED) is 0.861. The highest BCUT2D eigenvalue weighted by atomic mass is 79.9. The Bertz CT molecular complexity index is 490. The maximum absolute atomic E-state index is 10.5. The highest BCUT2D eigenvalue weighted by molar-refractivity contribution is 9.10. The van der Waals surface area contributed by atoms with Crippen LogP contribution in [0.2, 0.25) is 5.02 Å². The number of aldehydes is 1. The van der Waals surface area contributed by atoms with Gasteiger partial charge in [0.15, 0.2) is 6.29 Å². The molecule has 5 heteroatoms. The molecule has 0 radical (unpaired) electrons. The van der Waals surface area contributed by atoms with E-state index in [0.29, 0.717) is 16.5 Å². The van der Waals surface area contributed by atoms with Crippen LogP contribution < -0.4 is 0 Å². The summed E-state index contributed by atoms with van der Waals surface area (Å²) in [5.41, 5.74) is 1.28. The average Bonchev–Trinajstić information content (AvgIpc) is 2.64. The van der Waals surface area contributed by atoms with Gasteiger partial charge in [-0.25, -0.2) is 4.98 Å². The van der Waals surface area contributed by atoms with Gasteiger partial charge < -0.3 is 4.98 Å². The van der Waals surface area contributed by atoms with Crippen LogP contribution in [-0.2, 0) is 0 Å². The molecule has 0 bridgehead atoms. The molecule has 1 aromatic carbocycles. The normalized spacial score (nSPS) is 10.3. The van der Waals surface area contributed by atoms with Crippen molar-refractivity contribution in [3.63, 3.8) is 0 Å². The van der Waals surface area contributed by atoms with Crippen molar-refractivity contribution in [2.45, 2.75) is 0 Å². The number of H-pyrrole nitrogens is 1. The predicted molar refractivity (Wildman–Crippen MR) is 62.1 cm³/mol. The van der Waals surface area contributed by atoms with E-state index < -0.39 is 0 Å². The smallest absolute Gasteiger partial charge is 0.167 e. The third-order valence-electron chi connectivity index (χ3n) is 1.86. The van der Waals surface area contributed by atoms with Crippen LogP contribution in [0.15, 0.2) is 28.9 Å². The fourth-order valence-corrected chi connectivity index (χ4v) is 2.09. The Balaban J connectivity index is 2.48. The first-order valence-corrected chi connectivity index (χ1v) is 5.33. The van der Waals surface area contributed by atoms with E-state index in [1.54, 1.807) is 12.1 Å². The zero-order valence-electron chi connectivity index (χ0n) is 7.50. The molecule has 76 valence electrons. The zero-order valence-corrected chi connectivity index (χ0v) is 9.84. The van der Waals surface area contributed by atoms with Crippen LogP contribution in [0.5, 0.6) is 0 Å². The summed E-state index contributed by atoms with van der Waals surface area (Å²) in [6.07, 6.45) is 2.20. The van der Waals surface area contributed by atoms with Crippen molar-refractivity contribution in [3.05, 3.63) is 39.6 Å². The van der Waals surface area contributed by atoms with Gasteiger partial charge in [0.1, 0.15) is 5.82 Å². The van der Waals surface area contributed by atoms with Crippen LogP contribution in [0.1, 0.15) is 10.5 Å². The molecule has 0 amide bonds. The number of carbonyl (C=O) groups is 1. The van der Waals surface area contributed by atoms with E-state index in [2.05, 4.69) is 25.9 Å². The first-order valence-electron chi connectivity index (χ1n) is 4.15. The van der Waals surface area contributed by atoms with Gasteiger partial charge in [-0.05, 0) is 18.2 Å². The Hall–Kier alpha value is -1.13. The molecule has 1 N–H and O–H groups in total. The number of imidazole rings is 1. The van der Waals surface area contributed by atoms with Crippen molar-refractivity contribution in [2.75, 3.05) is 0 Å². The lowest BCUT2D eigenvalue weighted by atomic mass is 10.2. The van der Waals surface area contributed by atoms with E-state index in [1.165, 1.54) is 6.20 Å². The molecule has 1 aromatic heterocycles. The van der Waals surface area contributed by atoms with Crippen LogP contribution in [0.3, 0.4) is 0 Å². The number of nitrogens with one attached hydrogen (secondary N) is 1. The first-order chi connectivity index (χ1) is 7.19. The molecule has 3 nitrogen and oxygen atoms in total. The van der Waals surface area contributed by atoms with E-state index in [9.17, 15) is 4.79 Å². The van der Waals surface area contributed by atoms with Crippen molar-refractivity contribution in [3.8, 4) is 11.4 Å². The molecule has 15 heavy (non-hydrogen) atoms. The second-order valence-corrected chi connectivity index (χ2v) is 4.32. The largest absolute Gasteiger partial charge is 0.336 e. The van der Waals surface area contributed by atoms with Crippen LogP contribution in [0.25, 0.3) is 11.4 Å². The van der Waals surface area contributed by atoms with Gasteiger partial charge in [0.05, 0.1) is 11.9 Å². The fourth-order valence-electron chi connectivity index (χ4n) is 1.23. The lowest BCUT2D eigenvalue weighted by Crippen LogP contribution is -1.82. The number of hydrogen-bond acceptors (Lipinski definition) is 2.